The molecule has 372 valence electrons. The van der Waals surface area contributed by atoms with E-state index in [1.807, 2.05) is 0 Å². The van der Waals surface area contributed by atoms with Crippen LogP contribution in [0.4, 0.5) is 0 Å². The quantitative estimate of drug-likeness (QED) is 0.136. The average Bonchev–Trinajstić information content (AvgIpc) is 4.00. The van der Waals surface area contributed by atoms with Gasteiger partial charge in [-0.1, -0.05) is 161 Å². The third-order valence-corrected chi connectivity index (χ3v) is 15.0. The first-order valence-electron chi connectivity index (χ1n) is 26.4. The van der Waals surface area contributed by atoms with Crippen LogP contribution in [-0.2, 0) is 32.5 Å². The number of aromatic nitrogens is 3. The molecule has 4 heterocycles. The van der Waals surface area contributed by atoms with Crippen molar-refractivity contribution in [2.45, 2.75) is 157 Å². The smallest absolute Gasteiger partial charge is 0.0624 e. The second-order valence-electron chi connectivity index (χ2n) is 27.1. The van der Waals surface area contributed by atoms with Crippen LogP contribution in [0.25, 0.3) is 97.7 Å². The predicted molar refractivity (Wildman–Crippen MR) is 318 cm³/mol. The van der Waals surface area contributed by atoms with Gasteiger partial charge in [-0.05, 0) is 175 Å². The minimum Gasteiger partial charge on any atom is -0.352 e. The van der Waals surface area contributed by atoms with E-state index in [4.69, 9.17) is 0 Å². The van der Waals surface area contributed by atoms with E-state index in [2.05, 4.69) is 285 Å². The minimum atomic E-state index is -0.132. The van der Waals surface area contributed by atoms with Crippen LogP contribution in [0.2, 0.25) is 0 Å². The average molecular weight is 976 g/mol. The summed E-state index contributed by atoms with van der Waals surface area (Å²) in [6.07, 6.45) is 0. The van der Waals surface area contributed by atoms with Crippen molar-refractivity contribution in [3.63, 3.8) is 0 Å². The molecule has 0 saturated carbocycles. The zero-order valence-electron chi connectivity index (χ0n) is 47.4. The van der Waals surface area contributed by atoms with Gasteiger partial charge in [-0.3, -0.25) is 0 Å². The molecule has 0 aliphatic rings. The third kappa shape index (κ3) is 9.49. The molecule has 3 nitrogen and oxygen atoms in total. The maximum atomic E-state index is 3.84. The van der Waals surface area contributed by atoms with Gasteiger partial charge < -0.3 is 15.0 Å². The van der Waals surface area contributed by atoms with Crippen molar-refractivity contribution in [3.05, 3.63) is 179 Å². The Hall–Kier alpha value is -7.92. The number of nitrogens with one attached hydrogen (secondary N) is 3. The zero-order chi connectivity index (χ0) is 53.9. The summed E-state index contributed by atoms with van der Waals surface area (Å²) in [6, 6.07) is 68.5. The van der Waals surface area contributed by atoms with Crippen LogP contribution in [0, 0.1) is 72.8 Å². The van der Waals surface area contributed by atoms with E-state index in [1.165, 1.54) is 33.4 Å². The summed E-state index contributed by atoms with van der Waals surface area (Å²) >= 11 is 0. The molecule has 0 fully saturated rings. The van der Waals surface area contributed by atoms with E-state index in [1.54, 1.807) is 0 Å². The molecule has 3 heteroatoms. The van der Waals surface area contributed by atoms with E-state index in [0.29, 0.717) is 0 Å². The molecule has 6 bridgehead atoms. The van der Waals surface area contributed by atoms with Crippen molar-refractivity contribution in [2.75, 3.05) is 0 Å². The number of hydrogen-bond acceptors (Lipinski definition) is 0. The van der Waals surface area contributed by atoms with Crippen molar-refractivity contribution in [1.82, 2.24) is 15.0 Å². The monoisotopic (exact) mass is 976 g/mol. The van der Waals surface area contributed by atoms with Gasteiger partial charge in [0.15, 0.2) is 0 Å². The maximum Gasteiger partial charge on any atom is 0.0624 e. The van der Waals surface area contributed by atoms with E-state index < -0.39 is 0 Å². The lowest BCUT2D eigenvalue weighted by atomic mass is 9.84. The molecule has 10 aromatic rings. The van der Waals surface area contributed by atoms with Gasteiger partial charge in [0.25, 0.3) is 0 Å². The summed E-state index contributed by atoms with van der Waals surface area (Å²) in [5, 5.41) is 12.1. The second kappa shape index (κ2) is 17.3. The SMILES string of the molecule is CC(C)(C)c1cc2c#cc#cc3cc(C(C)(C)C)cc4c5cc(C(C)(C)C)cc(c#cc#cc6cc(C(C)(C)C)cc7c8cc(C(C)(C)C)cc(c#cc#cc9cc(C(C)(C)C)cc%10c(c1)c2[nH]c9%10)c8[nH]c67)c5[nH]c34. The number of hydrogen-bond donors (Lipinski definition) is 3. The summed E-state index contributed by atoms with van der Waals surface area (Å²) in [6.45, 7) is 40.6. The van der Waals surface area contributed by atoms with Crippen molar-refractivity contribution in [2.24, 2.45) is 0 Å². The highest BCUT2D eigenvalue weighted by molar-refractivity contribution is 6.19. The Labute approximate surface area is 446 Å². The first-order chi connectivity index (χ1) is 34.9. The number of H-pyrrole nitrogens is 3. The Balaban J connectivity index is 1.38. The number of fused-ring (bicyclic) bond motifs is 3. The van der Waals surface area contributed by atoms with Gasteiger partial charge >= 0.3 is 0 Å². The molecule has 0 spiro atoms. The van der Waals surface area contributed by atoms with E-state index >= 15 is 0 Å². The Kier molecular flexibility index (Phi) is 11.7. The van der Waals surface area contributed by atoms with Gasteiger partial charge in [-0.15, -0.1) is 0 Å². The highest BCUT2D eigenvalue weighted by Gasteiger charge is 2.24. The maximum absolute atomic E-state index is 3.84. The van der Waals surface area contributed by atoms with Crippen molar-refractivity contribution >= 4 is 97.7 Å². The molecule has 0 atom stereocenters. The minimum absolute atomic E-state index is 0.132. The summed E-state index contributed by atoms with van der Waals surface area (Å²) < 4.78 is 0. The Morgan fingerprint density at radius 2 is 0.347 bits per heavy atom. The van der Waals surface area contributed by atoms with Gasteiger partial charge in [0.1, 0.15) is 0 Å². The molecule has 3 N–H and O–H groups in total. The lowest BCUT2D eigenvalue weighted by molar-refractivity contribution is 0.591. The summed E-state index contributed by atoms with van der Waals surface area (Å²) in [5.74, 6) is 0. The number of aromatic amines is 3. The lowest BCUT2D eigenvalue weighted by Crippen LogP contribution is -2.11. The lowest BCUT2D eigenvalue weighted by Gasteiger charge is -2.20. The number of rotatable bonds is 0. The van der Waals surface area contributed by atoms with Gasteiger partial charge in [0, 0.05) is 64.6 Å². The fourth-order valence-electron chi connectivity index (χ4n) is 10.1. The Bertz CT molecular complexity index is 3460. The first-order valence-corrected chi connectivity index (χ1v) is 26.4. The number of benzene rings is 6. The van der Waals surface area contributed by atoms with Crippen LogP contribution < -0.4 is 0 Å². The van der Waals surface area contributed by atoms with Crippen LogP contribution >= 0.6 is 0 Å². The fraction of sp³-hybridized carbons (Fsp3) is 0.333. The van der Waals surface area contributed by atoms with E-state index in [9.17, 15) is 0 Å². The highest BCUT2D eigenvalue weighted by Crippen LogP contribution is 2.41. The molecular formula is C72H69N3. The van der Waals surface area contributed by atoms with Crippen LogP contribution in [0.3, 0.4) is 0 Å². The van der Waals surface area contributed by atoms with Crippen molar-refractivity contribution < 1.29 is 0 Å². The third-order valence-electron chi connectivity index (χ3n) is 15.0. The fourth-order valence-corrected chi connectivity index (χ4v) is 10.1. The Morgan fingerprint density at radius 3 is 0.467 bits per heavy atom. The second-order valence-corrected chi connectivity index (χ2v) is 27.1. The zero-order valence-corrected chi connectivity index (χ0v) is 47.4. The van der Waals surface area contributed by atoms with Crippen LogP contribution in [-0.4, -0.2) is 15.0 Å². The normalized spacial score (nSPS) is 12.6. The molecule has 0 radical (unpaired) electrons. The summed E-state index contributed by atoms with van der Waals surface area (Å²) in [5.41, 5.74) is 12.2. The highest BCUT2D eigenvalue weighted by atomic mass is 14.7. The molecule has 0 amide bonds. The standard InChI is InChI=1S/C72H69N3/c1-67(2,3)49-31-43-25-19-20-26-45-33-51(69(7,8)9)39-57-58-40-53(71(13,14)15)35-47(64(58)74-63(45)57)29-23-24-30-48-36-54(72(16,17)18)42-60-59-41-52(70(10,11)12)34-46(65(59)75-66(48)60)28-22-21-27-44-32-50(68(4,5)6)38-56-55(37-49)61(43)73-62(44)56/h31-42,73-75H,1-18H3. The molecule has 75 heavy (non-hydrogen) atoms. The molecule has 0 aliphatic heterocycles. The predicted octanol–water partition coefficient (Wildman–Crippen LogP) is 18.8. The molecule has 10 rings (SSSR count). The van der Waals surface area contributed by atoms with Crippen molar-refractivity contribution in [1.29, 1.82) is 0 Å². The summed E-state index contributed by atoms with van der Waals surface area (Å²) in [7, 11) is 0. The van der Waals surface area contributed by atoms with E-state index in [-0.39, 0.29) is 32.5 Å². The first kappa shape index (κ1) is 50.6. The van der Waals surface area contributed by atoms with Gasteiger partial charge in [-0.2, -0.15) is 0 Å². The van der Waals surface area contributed by atoms with Gasteiger partial charge in [0.05, 0.1) is 33.1 Å². The van der Waals surface area contributed by atoms with Crippen LogP contribution in [0.15, 0.2) is 72.8 Å². The topological polar surface area (TPSA) is 47.4 Å². The Morgan fingerprint density at radius 1 is 0.213 bits per heavy atom. The van der Waals surface area contributed by atoms with Crippen LogP contribution in [0.5, 0.6) is 0 Å². The largest absolute Gasteiger partial charge is 0.352 e. The summed E-state index contributed by atoms with van der Waals surface area (Å²) in [4.78, 5) is 11.5. The molecule has 4 aromatic heterocycles. The van der Waals surface area contributed by atoms with Crippen molar-refractivity contribution in [3.8, 4) is 0 Å². The molecular weight excluding hydrogens is 907 g/mol. The van der Waals surface area contributed by atoms with Gasteiger partial charge in [-0.25, -0.2) is 0 Å². The molecule has 6 aromatic carbocycles. The van der Waals surface area contributed by atoms with Gasteiger partial charge in [0.2, 0.25) is 0 Å². The van der Waals surface area contributed by atoms with E-state index in [0.717, 1.165) is 97.7 Å². The van der Waals surface area contributed by atoms with Crippen LogP contribution in [0.1, 0.15) is 158 Å². The molecule has 0 saturated heterocycles. The molecule has 0 unspecified atom stereocenters. The molecule has 0 aliphatic carbocycles.